The van der Waals surface area contributed by atoms with Crippen LogP contribution >= 0.6 is 11.6 Å². The predicted octanol–water partition coefficient (Wildman–Crippen LogP) is 5.60. The second-order valence-electron chi connectivity index (χ2n) is 6.31. The second kappa shape index (κ2) is 7.37. The van der Waals surface area contributed by atoms with Gasteiger partial charge in [-0.15, -0.1) is 11.6 Å². The van der Waals surface area contributed by atoms with Crippen LogP contribution in [0.5, 0.6) is 0 Å². The number of rotatable bonds is 5. The van der Waals surface area contributed by atoms with Crippen molar-refractivity contribution in [1.29, 1.82) is 0 Å². The van der Waals surface area contributed by atoms with Crippen LogP contribution in [0.25, 0.3) is 0 Å². The molecule has 0 saturated carbocycles. The molecule has 0 amide bonds. The number of hydrogen-bond donors (Lipinski definition) is 0. The molecule has 134 valence electrons. The fourth-order valence-corrected chi connectivity index (χ4v) is 3.77. The molecule has 4 rings (SSSR count). The summed E-state index contributed by atoms with van der Waals surface area (Å²) in [5.41, 5.74) is 2.40. The first-order valence-electron chi connectivity index (χ1n) is 8.74. The standard InChI is InChI=1S/C23H18ClFN2/c24-16-22-21(25)17-27(26-22)23(18-10-4-1-5-11-18,19-12-6-2-7-13-19)20-14-8-3-9-15-20/h1-15,17H,16H2. The zero-order valence-electron chi connectivity index (χ0n) is 14.6. The third-order valence-corrected chi connectivity index (χ3v) is 5.04. The smallest absolute Gasteiger partial charge is 0.165 e. The number of halogens is 2. The molecule has 4 aromatic rings. The van der Waals surface area contributed by atoms with Gasteiger partial charge in [-0.1, -0.05) is 91.0 Å². The maximum Gasteiger partial charge on any atom is 0.165 e. The number of benzene rings is 3. The fourth-order valence-electron chi connectivity index (χ4n) is 3.59. The van der Waals surface area contributed by atoms with Crippen LogP contribution in [-0.4, -0.2) is 9.78 Å². The summed E-state index contributed by atoms with van der Waals surface area (Å²) in [4.78, 5) is 0. The van der Waals surface area contributed by atoms with E-state index in [9.17, 15) is 4.39 Å². The zero-order valence-corrected chi connectivity index (χ0v) is 15.4. The van der Waals surface area contributed by atoms with Crippen molar-refractivity contribution in [1.82, 2.24) is 9.78 Å². The topological polar surface area (TPSA) is 17.8 Å². The Labute approximate surface area is 162 Å². The highest BCUT2D eigenvalue weighted by atomic mass is 35.5. The molecule has 0 radical (unpaired) electrons. The van der Waals surface area contributed by atoms with Gasteiger partial charge in [0, 0.05) is 0 Å². The molecule has 0 aliphatic heterocycles. The molecule has 1 heterocycles. The molecule has 2 nitrogen and oxygen atoms in total. The second-order valence-corrected chi connectivity index (χ2v) is 6.58. The van der Waals surface area contributed by atoms with E-state index in [-0.39, 0.29) is 11.6 Å². The lowest BCUT2D eigenvalue weighted by molar-refractivity contribution is 0.455. The Kier molecular flexibility index (Phi) is 4.78. The van der Waals surface area contributed by atoms with Gasteiger partial charge in [-0.2, -0.15) is 5.10 Å². The maximum absolute atomic E-state index is 14.5. The molecule has 0 spiro atoms. The van der Waals surface area contributed by atoms with Crippen LogP contribution in [0.4, 0.5) is 4.39 Å². The van der Waals surface area contributed by atoms with Gasteiger partial charge in [0.25, 0.3) is 0 Å². The summed E-state index contributed by atoms with van der Waals surface area (Å²) in [5.74, 6) is -0.384. The van der Waals surface area contributed by atoms with Gasteiger partial charge in [0.1, 0.15) is 11.2 Å². The molecule has 0 bridgehead atoms. The molecule has 0 unspecified atom stereocenters. The minimum atomic E-state index is -0.811. The molecule has 1 aromatic heterocycles. The summed E-state index contributed by atoms with van der Waals surface area (Å²) in [5, 5.41) is 4.54. The summed E-state index contributed by atoms with van der Waals surface area (Å²) in [7, 11) is 0. The molecule has 0 saturated heterocycles. The van der Waals surface area contributed by atoms with Gasteiger partial charge in [-0.05, 0) is 16.7 Å². The predicted molar refractivity (Wildman–Crippen MR) is 106 cm³/mol. The highest BCUT2D eigenvalue weighted by Crippen LogP contribution is 2.40. The van der Waals surface area contributed by atoms with Crippen molar-refractivity contribution in [2.45, 2.75) is 11.4 Å². The fraction of sp³-hybridized carbons (Fsp3) is 0.0870. The summed E-state index contributed by atoms with van der Waals surface area (Å²) in [6.07, 6.45) is 1.44. The van der Waals surface area contributed by atoms with Crippen LogP contribution in [0.2, 0.25) is 0 Å². The lowest BCUT2D eigenvalue weighted by Crippen LogP contribution is -2.38. The molecule has 0 atom stereocenters. The molecule has 0 aliphatic carbocycles. The lowest BCUT2D eigenvalue weighted by Gasteiger charge is -2.36. The van der Waals surface area contributed by atoms with Crippen LogP contribution in [-0.2, 0) is 11.4 Å². The van der Waals surface area contributed by atoms with Crippen LogP contribution in [0.3, 0.4) is 0 Å². The minimum absolute atomic E-state index is 0.0211. The third-order valence-electron chi connectivity index (χ3n) is 4.78. The molecule has 0 fully saturated rings. The van der Waals surface area contributed by atoms with Crippen LogP contribution < -0.4 is 0 Å². The van der Waals surface area contributed by atoms with Crippen molar-refractivity contribution in [2.75, 3.05) is 0 Å². The van der Waals surface area contributed by atoms with Crippen LogP contribution in [0, 0.1) is 5.82 Å². The van der Waals surface area contributed by atoms with Crippen molar-refractivity contribution in [3.63, 3.8) is 0 Å². The summed E-state index contributed by atoms with van der Waals surface area (Å²) < 4.78 is 16.2. The van der Waals surface area contributed by atoms with Gasteiger partial charge in [0.05, 0.1) is 12.1 Å². The maximum atomic E-state index is 14.5. The van der Waals surface area contributed by atoms with Gasteiger partial charge in [-0.3, -0.25) is 0 Å². The first-order valence-corrected chi connectivity index (χ1v) is 9.27. The molecule has 0 N–H and O–H groups in total. The quantitative estimate of drug-likeness (QED) is 0.327. The van der Waals surface area contributed by atoms with Crippen LogP contribution in [0.1, 0.15) is 22.4 Å². The number of nitrogens with zero attached hydrogens (tertiary/aromatic N) is 2. The van der Waals surface area contributed by atoms with E-state index >= 15 is 0 Å². The number of alkyl halides is 1. The minimum Gasteiger partial charge on any atom is -0.250 e. The monoisotopic (exact) mass is 376 g/mol. The first-order chi connectivity index (χ1) is 13.3. The van der Waals surface area contributed by atoms with E-state index in [1.165, 1.54) is 6.20 Å². The molecule has 0 aliphatic rings. The molecular weight excluding hydrogens is 359 g/mol. The number of hydrogen-bond acceptors (Lipinski definition) is 1. The normalized spacial score (nSPS) is 11.5. The van der Waals surface area contributed by atoms with Gasteiger partial charge in [0.15, 0.2) is 5.82 Å². The van der Waals surface area contributed by atoms with Gasteiger partial charge in [0.2, 0.25) is 0 Å². The molecule has 3 aromatic carbocycles. The van der Waals surface area contributed by atoms with Gasteiger partial charge in [-0.25, -0.2) is 9.07 Å². The highest BCUT2D eigenvalue weighted by molar-refractivity contribution is 6.16. The average molecular weight is 377 g/mol. The summed E-state index contributed by atoms with van der Waals surface area (Å²) in [6, 6.07) is 30.1. The van der Waals surface area contributed by atoms with E-state index in [0.717, 1.165) is 16.7 Å². The number of aromatic nitrogens is 2. The highest BCUT2D eigenvalue weighted by Gasteiger charge is 2.39. The third kappa shape index (κ3) is 2.94. The van der Waals surface area contributed by atoms with Crippen molar-refractivity contribution >= 4 is 11.6 Å². The molecule has 27 heavy (non-hydrogen) atoms. The van der Waals surface area contributed by atoms with E-state index in [1.54, 1.807) is 4.68 Å². The molecular formula is C23H18ClFN2. The van der Waals surface area contributed by atoms with E-state index < -0.39 is 11.4 Å². The Morgan fingerprint density at radius 3 is 1.48 bits per heavy atom. The summed E-state index contributed by atoms with van der Waals surface area (Å²) in [6.45, 7) is 0. The SMILES string of the molecule is Fc1cn(C(c2ccccc2)(c2ccccc2)c2ccccc2)nc1CCl. The van der Waals surface area contributed by atoms with Gasteiger partial charge >= 0.3 is 0 Å². The van der Waals surface area contributed by atoms with E-state index in [4.69, 9.17) is 11.6 Å². The van der Waals surface area contributed by atoms with Crippen LogP contribution in [0.15, 0.2) is 97.2 Å². The Bertz CT molecular complexity index is 918. The van der Waals surface area contributed by atoms with Gasteiger partial charge < -0.3 is 0 Å². The Morgan fingerprint density at radius 2 is 1.15 bits per heavy atom. The largest absolute Gasteiger partial charge is 0.250 e. The summed E-state index contributed by atoms with van der Waals surface area (Å²) >= 11 is 5.92. The molecule has 4 heteroatoms. The first kappa shape index (κ1) is 17.5. The van der Waals surface area contributed by atoms with E-state index in [0.29, 0.717) is 0 Å². The van der Waals surface area contributed by atoms with Crippen molar-refractivity contribution in [2.24, 2.45) is 0 Å². The van der Waals surface area contributed by atoms with E-state index in [2.05, 4.69) is 5.10 Å². The zero-order chi connectivity index (χ0) is 18.7. The Morgan fingerprint density at radius 1 is 0.741 bits per heavy atom. The Balaban J connectivity index is 2.12. The average Bonchev–Trinajstić information content (AvgIpc) is 3.12. The Hall–Kier alpha value is -2.91. The van der Waals surface area contributed by atoms with Crippen molar-refractivity contribution in [3.8, 4) is 0 Å². The van der Waals surface area contributed by atoms with Crippen molar-refractivity contribution in [3.05, 3.63) is 125 Å². The van der Waals surface area contributed by atoms with E-state index in [1.807, 2.05) is 91.0 Å². The lowest BCUT2D eigenvalue weighted by atomic mass is 9.77. The van der Waals surface area contributed by atoms with Crippen molar-refractivity contribution < 1.29 is 4.39 Å².